The summed E-state index contributed by atoms with van der Waals surface area (Å²) in [5.41, 5.74) is 7.27. The molecule has 1 aliphatic rings. The highest BCUT2D eigenvalue weighted by Crippen LogP contribution is 2.33. The molecule has 2 rings (SSSR count). The molecule has 0 saturated carbocycles. The number of likely N-dealkylation sites (tertiary alicyclic amines) is 1. The number of aliphatic hydroxyl groups excluding tert-OH is 1. The zero-order valence-corrected chi connectivity index (χ0v) is 12.2. The quantitative estimate of drug-likeness (QED) is 0.892. The Labute approximate surface area is 120 Å². The Morgan fingerprint density at radius 2 is 2.16 bits per heavy atom. The van der Waals surface area contributed by atoms with E-state index >= 15 is 0 Å². The lowest BCUT2D eigenvalue weighted by molar-refractivity contribution is 0.0444. The van der Waals surface area contributed by atoms with Crippen molar-refractivity contribution in [2.24, 2.45) is 5.73 Å². The van der Waals surface area contributed by atoms with Gasteiger partial charge in [0.1, 0.15) is 0 Å². The van der Waals surface area contributed by atoms with Crippen LogP contribution in [0.2, 0.25) is 5.02 Å². The topological polar surface area (TPSA) is 49.5 Å². The first-order valence-corrected chi connectivity index (χ1v) is 7.39. The van der Waals surface area contributed by atoms with Gasteiger partial charge in [-0.05, 0) is 37.9 Å². The highest BCUT2D eigenvalue weighted by molar-refractivity contribution is 6.31. The minimum absolute atomic E-state index is 0.0212. The van der Waals surface area contributed by atoms with Crippen LogP contribution in [-0.2, 0) is 0 Å². The zero-order chi connectivity index (χ0) is 13.8. The van der Waals surface area contributed by atoms with E-state index in [9.17, 15) is 5.11 Å². The van der Waals surface area contributed by atoms with Crippen LogP contribution in [0.3, 0.4) is 0 Å². The first-order chi connectivity index (χ1) is 9.15. The lowest BCUT2D eigenvalue weighted by Gasteiger charge is -2.42. The van der Waals surface area contributed by atoms with Crippen molar-refractivity contribution in [3.63, 3.8) is 0 Å². The van der Waals surface area contributed by atoms with Crippen molar-refractivity contribution in [1.82, 2.24) is 4.90 Å². The summed E-state index contributed by atoms with van der Waals surface area (Å²) in [4.78, 5) is 2.33. The molecule has 1 heterocycles. The number of nitrogens with two attached hydrogens (primary N) is 1. The third-order valence-electron chi connectivity index (χ3n) is 3.96. The normalized spacial score (nSPS) is 24.1. The van der Waals surface area contributed by atoms with Crippen LogP contribution in [0, 0.1) is 0 Å². The maximum absolute atomic E-state index is 9.59. The second-order valence-corrected chi connectivity index (χ2v) is 5.80. The molecule has 1 saturated heterocycles. The number of piperidine rings is 1. The Hall–Kier alpha value is -0.610. The Balaban J connectivity index is 2.32. The van der Waals surface area contributed by atoms with Crippen molar-refractivity contribution in [1.29, 1.82) is 0 Å². The van der Waals surface area contributed by atoms with Crippen molar-refractivity contribution < 1.29 is 5.11 Å². The van der Waals surface area contributed by atoms with E-state index in [0.29, 0.717) is 0 Å². The Morgan fingerprint density at radius 1 is 1.42 bits per heavy atom. The van der Waals surface area contributed by atoms with E-state index in [-0.39, 0.29) is 24.7 Å². The average Bonchev–Trinajstić information content (AvgIpc) is 2.41. The zero-order valence-electron chi connectivity index (χ0n) is 11.4. The summed E-state index contributed by atoms with van der Waals surface area (Å²) in [5.74, 6) is 0. The number of hydrogen-bond acceptors (Lipinski definition) is 3. The van der Waals surface area contributed by atoms with Crippen LogP contribution in [0.1, 0.15) is 37.8 Å². The predicted octanol–water partition coefficient (Wildman–Crippen LogP) is 2.58. The summed E-state index contributed by atoms with van der Waals surface area (Å²) < 4.78 is 0. The van der Waals surface area contributed by atoms with Gasteiger partial charge in [0.25, 0.3) is 0 Å². The fourth-order valence-corrected chi connectivity index (χ4v) is 3.31. The van der Waals surface area contributed by atoms with E-state index in [1.54, 1.807) is 0 Å². The van der Waals surface area contributed by atoms with Crippen LogP contribution in [-0.4, -0.2) is 35.2 Å². The molecule has 1 fully saturated rings. The highest BCUT2D eigenvalue weighted by Gasteiger charge is 2.32. The van der Waals surface area contributed by atoms with Crippen LogP contribution in [0.5, 0.6) is 0 Å². The molecule has 0 radical (unpaired) electrons. The number of aliphatic hydroxyl groups is 1. The number of nitrogens with zero attached hydrogens (tertiary/aromatic N) is 1. The van der Waals surface area contributed by atoms with Gasteiger partial charge in [-0.3, -0.25) is 4.90 Å². The molecule has 0 aromatic heterocycles. The Bertz CT molecular complexity index is 411. The number of rotatable bonds is 4. The van der Waals surface area contributed by atoms with Crippen LogP contribution in [0.15, 0.2) is 24.3 Å². The molecule has 1 aromatic rings. The first-order valence-electron chi connectivity index (χ1n) is 7.01. The van der Waals surface area contributed by atoms with Crippen molar-refractivity contribution in [3.05, 3.63) is 34.9 Å². The van der Waals surface area contributed by atoms with Crippen LogP contribution < -0.4 is 5.73 Å². The van der Waals surface area contributed by atoms with E-state index in [1.807, 2.05) is 31.2 Å². The fourth-order valence-electron chi connectivity index (χ4n) is 3.06. The summed E-state index contributed by atoms with van der Waals surface area (Å²) in [5, 5.41) is 10.3. The molecule has 106 valence electrons. The van der Waals surface area contributed by atoms with Gasteiger partial charge >= 0.3 is 0 Å². The Kier molecular flexibility index (Phi) is 5.22. The molecule has 1 aliphatic heterocycles. The van der Waals surface area contributed by atoms with Gasteiger partial charge < -0.3 is 10.8 Å². The van der Waals surface area contributed by atoms with E-state index < -0.39 is 0 Å². The molecule has 1 aromatic carbocycles. The number of benzene rings is 1. The molecule has 3 nitrogen and oxygen atoms in total. The maximum atomic E-state index is 9.59. The molecule has 0 bridgehead atoms. The summed E-state index contributed by atoms with van der Waals surface area (Å²) in [6, 6.07) is 8.13. The molecule has 0 spiro atoms. The van der Waals surface area contributed by atoms with Gasteiger partial charge in [0, 0.05) is 17.1 Å². The number of halogens is 1. The lowest BCUT2D eigenvalue weighted by Crippen LogP contribution is -2.49. The molecule has 19 heavy (non-hydrogen) atoms. The van der Waals surface area contributed by atoms with Crippen molar-refractivity contribution in [2.45, 2.75) is 44.3 Å². The van der Waals surface area contributed by atoms with Crippen LogP contribution >= 0.6 is 11.6 Å². The summed E-state index contributed by atoms with van der Waals surface area (Å²) in [6.07, 6.45) is 3.37. The van der Waals surface area contributed by atoms with Gasteiger partial charge in [-0.1, -0.05) is 36.2 Å². The lowest BCUT2D eigenvalue weighted by atomic mass is 9.93. The summed E-state index contributed by atoms with van der Waals surface area (Å²) in [6.45, 7) is 3.17. The molecule has 4 heteroatoms. The molecule has 0 amide bonds. The molecular formula is C15H23ClN2O. The van der Waals surface area contributed by atoms with Gasteiger partial charge in [0.2, 0.25) is 0 Å². The molecule has 0 aliphatic carbocycles. The smallest absolute Gasteiger partial charge is 0.0587 e. The third-order valence-corrected chi connectivity index (χ3v) is 4.31. The monoisotopic (exact) mass is 282 g/mol. The van der Waals surface area contributed by atoms with Gasteiger partial charge in [-0.15, -0.1) is 0 Å². The van der Waals surface area contributed by atoms with E-state index in [0.717, 1.165) is 30.0 Å². The number of hydrogen-bond donors (Lipinski definition) is 2. The van der Waals surface area contributed by atoms with E-state index in [2.05, 4.69) is 4.90 Å². The second-order valence-electron chi connectivity index (χ2n) is 5.40. The van der Waals surface area contributed by atoms with Crippen molar-refractivity contribution in [3.8, 4) is 0 Å². The minimum Gasteiger partial charge on any atom is -0.395 e. The van der Waals surface area contributed by atoms with Crippen molar-refractivity contribution >= 4 is 11.6 Å². The molecular weight excluding hydrogens is 260 g/mol. The molecule has 3 atom stereocenters. The third kappa shape index (κ3) is 3.29. The molecule has 3 N–H and O–H groups in total. The molecule has 3 unspecified atom stereocenters. The van der Waals surface area contributed by atoms with Gasteiger partial charge in [0.15, 0.2) is 0 Å². The minimum atomic E-state index is -0.0212. The maximum Gasteiger partial charge on any atom is 0.0587 e. The second kappa shape index (κ2) is 6.71. The van der Waals surface area contributed by atoms with E-state index in [1.165, 1.54) is 6.42 Å². The summed E-state index contributed by atoms with van der Waals surface area (Å²) in [7, 11) is 0. The largest absolute Gasteiger partial charge is 0.395 e. The highest BCUT2D eigenvalue weighted by atomic mass is 35.5. The van der Waals surface area contributed by atoms with Crippen molar-refractivity contribution in [2.75, 3.05) is 13.2 Å². The SMILES string of the molecule is CC(N)C(c1ccccc1Cl)N1CCCCC1CO. The van der Waals surface area contributed by atoms with Crippen LogP contribution in [0.25, 0.3) is 0 Å². The van der Waals surface area contributed by atoms with E-state index in [4.69, 9.17) is 17.3 Å². The van der Waals surface area contributed by atoms with Crippen LogP contribution in [0.4, 0.5) is 0 Å². The average molecular weight is 283 g/mol. The van der Waals surface area contributed by atoms with Gasteiger partial charge in [-0.2, -0.15) is 0 Å². The summed E-state index contributed by atoms with van der Waals surface area (Å²) >= 11 is 6.33. The standard InChI is InChI=1S/C15H23ClN2O/c1-11(17)15(13-7-2-3-8-14(13)16)18-9-5-4-6-12(18)10-19/h2-3,7-8,11-12,15,19H,4-6,9-10,17H2,1H3. The predicted molar refractivity (Wildman–Crippen MR) is 79.3 cm³/mol. The van der Waals surface area contributed by atoms with Gasteiger partial charge in [-0.25, -0.2) is 0 Å². The fraction of sp³-hybridized carbons (Fsp3) is 0.600. The first kappa shape index (κ1) is 14.8. The van der Waals surface area contributed by atoms with Gasteiger partial charge in [0.05, 0.1) is 12.6 Å². The Morgan fingerprint density at radius 3 is 2.79 bits per heavy atom.